The number of furan rings is 1. The fourth-order valence-corrected chi connectivity index (χ4v) is 2.14. The molecule has 2 heterocycles. The molecule has 1 amide bonds. The van der Waals surface area contributed by atoms with Gasteiger partial charge in [-0.1, -0.05) is 0 Å². The van der Waals surface area contributed by atoms with E-state index in [1.807, 2.05) is 6.92 Å². The summed E-state index contributed by atoms with van der Waals surface area (Å²) in [5.41, 5.74) is 1.37. The first-order valence-electron chi connectivity index (χ1n) is 6.49. The van der Waals surface area contributed by atoms with Gasteiger partial charge in [-0.3, -0.25) is 4.79 Å². The van der Waals surface area contributed by atoms with Gasteiger partial charge in [0.25, 0.3) is 5.91 Å². The normalized spacial score (nSPS) is 10.8. The minimum atomic E-state index is -0.152. The number of H-pyrrole nitrogens is 1. The Hall–Kier alpha value is -2.08. The van der Waals surface area contributed by atoms with Crippen molar-refractivity contribution in [3.63, 3.8) is 0 Å². The number of aromatic amines is 1. The van der Waals surface area contributed by atoms with Crippen LogP contribution in [0.1, 0.15) is 33.4 Å². The van der Waals surface area contributed by atoms with Gasteiger partial charge in [0.2, 0.25) is 0 Å². The Morgan fingerprint density at radius 1 is 1.45 bits per heavy atom. The van der Waals surface area contributed by atoms with Crippen molar-refractivity contribution in [1.29, 1.82) is 0 Å². The van der Waals surface area contributed by atoms with E-state index in [0.29, 0.717) is 23.6 Å². The van der Waals surface area contributed by atoms with E-state index in [0.717, 1.165) is 11.5 Å². The van der Waals surface area contributed by atoms with Gasteiger partial charge in [-0.2, -0.15) is 0 Å². The van der Waals surface area contributed by atoms with Crippen LogP contribution in [0.15, 0.2) is 16.7 Å². The van der Waals surface area contributed by atoms with E-state index in [1.54, 1.807) is 31.0 Å². The average Bonchev–Trinajstić information content (AvgIpc) is 2.94. The fraction of sp³-hybridized carbons (Fsp3) is 0.429. The summed E-state index contributed by atoms with van der Waals surface area (Å²) in [7, 11) is 0. The van der Waals surface area contributed by atoms with Gasteiger partial charge >= 0.3 is 0 Å². The second-order valence-corrected chi connectivity index (χ2v) is 4.77. The minimum Gasteiger partial charge on any atom is -0.466 e. The third-order valence-electron chi connectivity index (χ3n) is 3.05. The van der Waals surface area contributed by atoms with E-state index in [1.165, 1.54) is 0 Å². The van der Waals surface area contributed by atoms with Crippen LogP contribution in [0, 0.1) is 20.8 Å². The molecule has 0 fully saturated rings. The Bertz CT molecular complexity index is 601. The summed E-state index contributed by atoms with van der Waals surface area (Å²) < 4.78 is 5.39. The van der Waals surface area contributed by atoms with Crippen molar-refractivity contribution < 1.29 is 14.3 Å². The Morgan fingerprint density at radius 2 is 2.20 bits per heavy atom. The van der Waals surface area contributed by atoms with Crippen LogP contribution in [0.5, 0.6) is 0 Å². The molecule has 0 aliphatic carbocycles. The number of nitrogens with one attached hydrogen (secondary N) is 1. The molecule has 0 bridgehead atoms. The van der Waals surface area contributed by atoms with E-state index in [4.69, 9.17) is 9.52 Å². The number of aryl methyl sites for hydroxylation is 3. The van der Waals surface area contributed by atoms with E-state index in [-0.39, 0.29) is 19.1 Å². The number of amides is 1. The molecule has 0 atom stereocenters. The summed E-state index contributed by atoms with van der Waals surface area (Å²) in [6.45, 7) is 5.97. The van der Waals surface area contributed by atoms with E-state index >= 15 is 0 Å². The lowest BCUT2D eigenvalue weighted by Crippen LogP contribution is -2.33. The van der Waals surface area contributed by atoms with Gasteiger partial charge in [0.1, 0.15) is 17.3 Å². The number of aromatic nitrogens is 2. The van der Waals surface area contributed by atoms with Crippen molar-refractivity contribution in [1.82, 2.24) is 14.9 Å². The molecule has 0 aliphatic rings. The molecule has 0 radical (unpaired) electrons. The molecule has 0 saturated heterocycles. The third kappa shape index (κ3) is 3.08. The first kappa shape index (κ1) is 14.3. The first-order valence-corrected chi connectivity index (χ1v) is 6.49. The SMILES string of the molecule is Cc1ncc(CN(CCO)C(=O)c2cc(C)oc2C)[nH]1. The molecule has 6 heteroatoms. The van der Waals surface area contributed by atoms with Crippen LogP contribution in [0.25, 0.3) is 0 Å². The number of nitrogens with zero attached hydrogens (tertiary/aromatic N) is 2. The van der Waals surface area contributed by atoms with E-state index in [9.17, 15) is 4.79 Å². The standard InChI is InChI=1S/C14H19N3O3/c1-9-6-13(10(2)20-9)14(19)17(4-5-18)8-12-7-15-11(3)16-12/h6-7,18H,4-5,8H2,1-3H3,(H,15,16). The fourth-order valence-electron chi connectivity index (χ4n) is 2.14. The molecule has 0 saturated carbocycles. The van der Waals surface area contributed by atoms with Crippen molar-refractivity contribution in [2.24, 2.45) is 0 Å². The largest absolute Gasteiger partial charge is 0.466 e. The monoisotopic (exact) mass is 277 g/mol. The summed E-state index contributed by atoms with van der Waals surface area (Å²) in [5.74, 6) is 1.94. The van der Waals surface area contributed by atoms with Crippen LogP contribution in [0.3, 0.4) is 0 Å². The molecular formula is C14H19N3O3. The summed E-state index contributed by atoms with van der Waals surface area (Å²) in [4.78, 5) is 21.3. The van der Waals surface area contributed by atoms with Crippen molar-refractivity contribution in [2.75, 3.05) is 13.2 Å². The molecule has 0 aromatic carbocycles. The maximum absolute atomic E-state index is 12.5. The Morgan fingerprint density at radius 3 is 2.70 bits per heavy atom. The molecular weight excluding hydrogens is 258 g/mol. The third-order valence-corrected chi connectivity index (χ3v) is 3.05. The minimum absolute atomic E-state index is 0.0886. The van der Waals surface area contributed by atoms with Gasteiger partial charge in [-0.15, -0.1) is 0 Å². The van der Waals surface area contributed by atoms with Crippen LogP contribution >= 0.6 is 0 Å². The van der Waals surface area contributed by atoms with E-state index in [2.05, 4.69) is 9.97 Å². The van der Waals surface area contributed by atoms with Gasteiger partial charge in [0, 0.05) is 6.54 Å². The van der Waals surface area contributed by atoms with Crippen LogP contribution in [0.4, 0.5) is 0 Å². The lowest BCUT2D eigenvalue weighted by atomic mass is 10.2. The number of aliphatic hydroxyl groups is 1. The molecule has 2 N–H and O–H groups in total. The van der Waals surface area contributed by atoms with Crippen molar-refractivity contribution in [3.8, 4) is 0 Å². The zero-order chi connectivity index (χ0) is 14.7. The second kappa shape index (κ2) is 5.92. The highest BCUT2D eigenvalue weighted by molar-refractivity contribution is 5.95. The molecule has 0 unspecified atom stereocenters. The lowest BCUT2D eigenvalue weighted by Gasteiger charge is -2.20. The number of aliphatic hydroxyl groups excluding tert-OH is 1. The highest BCUT2D eigenvalue weighted by atomic mass is 16.3. The molecule has 2 aromatic rings. The van der Waals surface area contributed by atoms with Gasteiger partial charge in [0.15, 0.2) is 0 Å². The van der Waals surface area contributed by atoms with Gasteiger partial charge in [-0.05, 0) is 26.8 Å². The maximum Gasteiger partial charge on any atom is 0.257 e. The summed E-state index contributed by atoms with van der Waals surface area (Å²) in [6.07, 6.45) is 1.69. The molecule has 20 heavy (non-hydrogen) atoms. The van der Waals surface area contributed by atoms with Gasteiger partial charge < -0.3 is 19.4 Å². The molecule has 108 valence electrons. The van der Waals surface area contributed by atoms with Crippen LogP contribution in [-0.4, -0.2) is 39.0 Å². The number of rotatable bonds is 5. The maximum atomic E-state index is 12.5. The average molecular weight is 277 g/mol. The van der Waals surface area contributed by atoms with Crippen LogP contribution < -0.4 is 0 Å². The summed E-state index contributed by atoms with van der Waals surface area (Å²) in [6, 6.07) is 1.72. The predicted octanol–water partition coefficient (Wildman–Crippen LogP) is 1.56. The topological polar surface area (TPSA) is 82.4 Å². The zero-order valence-electron chi connectivity index (χ0n) is 11.9. The number of hydrogen-bond acceptors (Lipinski definition) is 4. The second-order valence-electron chi connectivity index (χ2n) is 4.77. The molecule has 2 aromatic heterocycles. The zero-order valence-corrected chi connectivity index (χ0v) is 11.9. The van der Waals surface area contributed by atoms with Gasteiger partial charge in [0.05, 0.1) is 30.6 Å². The van der Waals surface area contributed by atoms with Crippen LogP contribution in [-0.2, 0) is 6.54 Å². The lowest BCUT2D eigenvalue weighted by molar-refractivity contribution is 0.0704. The quantitative estimate of drug-likeness (QED) is 0.869. The molecule has 0 spiro atoms. The van der Waals surface area contributed by atoms with Crippen molar-refractivity contribution in [3.05, 3.63) is 40.9 Å². The first-order chi connectivity index (χ1) is 9.51. The van der Waals surface area contributed by atoms with Gasteiger partial charge in [-0.25, -0.2) is 4.98 Å². The Labute approximate surface area is 117 Å². The summed E-state index contributed by atoms with van der Waals surface area (Å²) >= 11 is 0. The molecule has 0 aliphatic heterocycles. The number of imidazole rings is 1. The Kier molecular flexibility index (Phi) is 4.24. The smallest absolute Gasteiger partial charge is 0.257 e. The van der Waals surface area contributed by atoms with Crippen molar-refractivity contribution >= 4 is 5.91 Å². The highest BCUT2D eigenvalue weighted by Gasteiger charge is 2.20. The highest BCUT2D eigenvalue weighted by Crippen LogP contribution is 2.17. The number of carbonyl (C=O) groups is 1. The summed E-state index contributed by atoms with van der Waals surface area (Å²) in [5, 5.41) is 9.15. The van der Waals surface area contributed by atoms with Crippen LogP contribution in [0.2, 0.25) is 0 Å². The number of carbonyl (C=O) groups excluding carboxylic acids is 1. The predicted molar refractivity (Wildman–Crippen MR) is 73.3 cm³/mol. The molecule has 2 rings (SSSR count). The molecule has 6 nitrogen and oxygen atoms in total. The number of hydrogen-bond donors (Lipinski definition) is 2. The van der Waals surface area contributed by atoms with E-state index < -0.39 is 0 Å². The Balaban J connectivity index is 2.19. The van der Waals surface area contributed by atoms with Crippen molar-refractivity contribution in [2.45, 2.75) is 27.3 Å².